The summed E-state index contributed by atoms with van der Waals surface area (Å²) in [4.78, 5) is 38.2. The van der Waals surface area contributed by atoms with Crippen molar-refractivity contribution in [1.82, 2.24) is 14.7 Å². The molecule has 3 aromatic rings. The second-order valence-corrected chi connectivity index (χ2v) is 17.1. The van der Waals surface area contributed by atoms with E-state index in [0.29, 0.717) is 17.8 Å². The fraction of sp³-hybridized carbons (Fsp3) is 0.429. The SMILES string of the molecule is Cc1cc(OCc2c(F)cccc2F)c2nc(C)c(C(=O)NCC(C)(CC[Si](C)(C)C)OC(N)=O)n2c1.O=C(O)C(F)(F)F. The molecular formula is C28H35F5N4O6Si. The van der Waals surface area contributed by atoms with E-state index < -0.39 is 49.5 Å². The predicted octanol–water partition coefficient (Wildman–Crippen LogP) is 5.75. The minimum absolute atomic E-state index is 0.0632. The number of hydrogen-bond donors (Lipinski definition) is 3. The number of aliphatic carboxylic acids is 1. The third-order valence-corrected chi connectivity index (χ3v) is 8.01. The average molecular weight is 647 g/mol. The van der Waals surface area contributed by atoms with Crippen molar-refractivity contribution in [3.05, 3.63) is 64.6 Å². The fourth-order valence-corrected chi connectivity index (χ4v) is 5.25. The Bertz CT molecular complexity index is 1500. The number of carbonyl (C=O) groups is 3. The summed E-state index contributed by atoms with van der Waals surface area (Å²) in [7, 11) is -1.44. The number of carboxylic acid groups (broad SMARTS) is 1. The molecule has 1 atom stereocenters. The van der Waals surface area contributed by atoms with Crippen LogP contribution in [-0.4, -0.2) is 58.9 Å². The van der Waals surface area contributed by atoms with Gasteiger partial charge in [0.15, 0.2) is 11.4 Å². The number of benzene rings is 1. The van der Waals surface area contributed by atoms with E-state index in [1.54, 1.807) is 37.4 Å². The van der Waals surface area contributed by atoms with Crippen LogP contribution in [0, 0.1) is 25.5 Å². The van der Waals surface area contributed by atoms with Crippen molar-refractivity contribution >= 4 is 31.7 Å². The third-order valence-electron chi connectivity index (χ3n) is 6.26. The van der Waals surface area contributed by atoms with Crippen LogP contribution in [0.2, 0.25) is 25.7 Å². The largest absolute Gasteiger partial charge is 0.490 e. The van der Waals surface area contributed by atoms with E-state index in [9.17, 15) is 31.5 Å². The Kier molecular flexibility index (Phi) is 11.5. The number of nitrogens with one attached hydrogen (secondary N) is 1. The maximum Gasteiger partial charge on any atom is 0.490 e. The number of primary amides is 1. The number of nitrogens with two attached hydrogens (primary N) is 1. The molecule has 16 heteroatoms. The maximum absolute atomic E-state index is 14.1. The molecule has 0 aliphatic carbocycles. The molecule has 44 heavy (non-hydrogen) atoms. The summed E-state index contributed by atoms with van der Waals surface area (Å²) in [5.41, 5.74) is 5.92. The van der Waals surface area contributed by atoms with Crippen molar-refractivity contribution in [2.45, 2.75) is 71.3 Å². The second kappa shape index (κ2) is 14.0. The number of imidazole rings is 1. The zero-order chi connectivity index (χ0) is 33.6. The van der Waals surface area contributed by atoms with Gasteiger partial charge in [-0.1, -0.05) is 31.8 Å². The summed E-state index contributed by atoms with van der Waals surface area (Å²) in [5, 5.41) is 9.98. The van der Waals surface area contributed by atoms with E-state index in [1.165, 1.54) is 6.07 Å². The van der Waals surface area contributed by atoms with E-state index in [4.69, 9.17) is 25.1 Å². The van der Waals surface area contributed by atoms with Gasteiger partial charge in [0.1, 0.15) is 29.5 Å². The molecule has 3 rings (SSSR count). The Labute approximate surface area is 251 Å². The fourth-order valence-electron chi connectivity index (χ4n) is 3.97. The monoisotopic (exact) mass is 646 g/mol. The minimum atomic E-state index is -5.08. The van der Waals surface area contributed by atoms with Crippen LogP contribution >= 0.6 is 0 Å². The van der Waals surface area contributed by atoms with Gasteiger partial charge < -0.3 is 25.6 Å². The van der Waals surface area contributed by atoms with Crippen LogP contribution in [0.25, 0.3) is 5.65 Å². The number of pyridine rings is 1. The molecule has 0 bridgehead atoms. The number of ether oxygens (including phenoxy) is 2. The molecule has 0 spiro atoms. The number of rotatable bonds is 10. The lowest BCUT2D eigenvalue weighted by molar-refractivity contribution is -0.192. The summed E-state index contributed by atoms with van der Waals surface area (Å²) in [6.45, 7) is 11.6. The molecule has 2 aromatic heterocycles. The molecule has 0 saturated carbocycles. The summed E-state index contributed by atoms with van der Waals surface area (Å²) < 4.78 is 72.6. The lowest BCUT2D eigenvalue weighted by Crippen LogP contribution is -2.46. The lowest BCUT2D eigenvalue weighted by Gasteiger charge is -2.31. The van der Waals surface area contributed by atoms with Crippen LogP contribution in [0.3, 0.4) is 0 Å². The van der Waals surface area contributed by atoms with Crippen LogP contribution in [-0.2, 0) is 16.1 Å². The van der Waals surface area contributed by atoms with Gasteiger partial charge in [-0.2, -0.15) is 13.2 Å². The normalized spacial score (nSPS) is 13.0. The molecular weight excluding hydrogens is 611 g/mol. The van der Waals surface area contributed by atoms with Gasteiger partial charge in [0.25, 0.3) is 5.91 Å². The molecule has 10 nitrogen and oxygen atoms in total. The highest BCUT2D eigenvalue weighted by atomic mass is 28.3. The number of fused-ring (bicyclic) bond motifs is 1. The maximum atomic E-state index is 14.1. The van der Waals surface area contributed by atoms with Crippen molar-refractivity contribution < 1.29 is 50.9 Å². The average Bonchev–Trinajstić information content (AvgIpc) is 3.20. The number of alkyl halides is 3. The number of aromatic nitrogens is 2. The van der Waals surface area contributed by atoms with Crippen LogP contribution in [0.5, 0.6) is 5.75 Å². The molecule has 2 amide bonds. The molecule has 1 aromatic carbocycles. The third kappa shape index (κ3) is 10.2. The molecule has 4 N–H and O–H groups in total. The lowest BCUT2D eigenvalue weighted by atomic mass is 10.0. The molecule has 0 aliphatic rings. The first-order chi connectivity index (χ1) is 20.1. The second-order valence-electron chi connectivity index (χ2n) is 11.5. The number of carboxylic acids is 1. The van der Waals surface area contributed by atoms with Gasteiger partial charge in [0.2, 0.25) is 0 Å². The van der Waals surface area contributed by atoms with Gasteiger partial charge in [0, 0.05) is 14.3 Å². The topological polar surface area (TPSA) is 145 Å². The van der Waals surface area contributed by atoms with Crippen LogP contribution < -0.4 is 15.8 Å². The van der Waals surface area contributed by atoms with E-state index in [1.807, 2.05) is 0 Å². The van der Waals surface area contributed by atoms with Gasteiger partial charge in [-0.3, -0.25) is 9.20 Å². The molecule has 1 unspecified atom stereocenters. The molecule has 0 radical (unpaired) electrons. The summed E-state index contributed by atoms with van der Waals surface area (Å²) in [6.07, 6.45) is -3.70. The Morgan fingerprint density at radius 1 is 1.11 bits per heavy atom. The Morgan fingerprint density at radius 3 is 2.18 bits per heavy atom. The number of carbonyl (C=O) groups excluding carboxylic acids is 2. The number of halogens is 5. The molecule has 242 valence electrons. The van der Waals surface area contributed by atoms with Gasteiger partial charge in [-0.25, -0.2) is 23.4 Å². The summed E-state index contributed by atoms with van der Waals surface area (Å²) >= 11 is 0. The Hall–Kier alpha value is -4.21. The van der Waals surface area contributed by atoms with Gasteiger partial charge in [-0.15, -0.1) is 0 Å². The highest BCUT2D eigenvalue weighted by Crippen LogP contribution is 2.27. The first-order valence-corrected chi connectivity index (χ1v) is 17.0. The van der Waals surface area contributed by atoms with E-state index in [0.717, 1.165) is 23.7 Å². The van der Waals surface area contributed by atoms with Crippen LogP contribution in [0.4, 0.5) is 26.7 Å². The quantitative estimate of drug-likeness (QED) is 0.188. The highest BCUT2D eigenvalue weighted by molar-refractivity contribution is 6.76. The molecule has 2 heterocycles. The predicted molar refractivity (Wildman–Crippen MR) is 153 cm³/mol. The first-order valence-electron chi connectivity index (χ1n) is 13.3. The Morgan fingerprint density at radius 2 is 1.68 bits per heavy atom. The zero-order valence-electron chi connectivity index (χ0n) is 25.1. The van der Waals surface area contributed by atoms with Crippen molar-refractivity contribution in [2.75, 3.05) is 6.54 Å². The zero-order valence-corrected chi connectivity index (χ0v) is 26.1. The number of aryl methyl sites for hydroxylation is 2. The van der Waals surface area contributed by atoms with Gasteiger partial charge in [-0.05, 0) is 51.0 Å². The van der Waals surface area contributed by atoms with E-state index >= 15 is 0 Å². The van der Waals surface area contributed by atoms with Crippen molar-refractivity contribution in [2.24, 2.45) is 5.73 Å². The Balaban J connectivity index is 0.000000860. The van der Waals surface area contributed by atoms with E-state index in [-0.39, 0.29) is 30.2 Å². The number of hydrogen-bond acceptors (Lipinski definition) is 6. The van der Waals surface area contributed by atoms with Gasteiger partial charge >= 0.3 is 18.2 Å². The smallest absolute Gasteiger partial charge is 0.485 e. The van der Waals surface area contributed by atoms with Crippen LogP contribution in [0.1, 0.15) is 40.7 Å². The van der Waals surface area contributed by atoms with Crippen molar-refractivity contribution in [3.63, 3.8) is 0 Å². The summed E-state index contributed by atoms with van der Waals surface area (Å²) in [6, 6.07) is 6.18. The first kappa shape index (κ1) is 36.0. The van der Waals surface area contributed by atoms with Crippen molar-refractivity contribution in [3.8, 4) is 5.75 Å². The molecule has 0 saturated heterocycles. The summed E-state index contributed by atoms with van der Waals surface area (Å²) in [5.74, 6) is -4.32. The van der Waals surface area contributed by atoms with Crippen LogP contribution in [0.15, 0.2) is 30.5 Å². The molecule has 0 aliphatic heterocycles. The van der Waals surface area contributed by atoms with Gasteiger partial charge in [0.05, 0.1) is 17.8 Å². The standard InChI is InChI=1S/C26H34F2N4O4Si.C2HF3O2/c1-16-12-21(35-14-18-19(27)8-7-9-20(18)28)23-31-17(2)22(32(23)13-16)24(33)30-15-26(3,36-25(29)34)10-11-37(4,5)6;3-2(4,5)1(6)7/h7-9,12-13H,10-11,14-15H2,1-6H3,(H2,29,34)(H,30,33);(H,6,7). The van der Waals surface area contributed by atoms with E-state index in [2.05, 4.69) is 29.9 Å². The number of nitrogens with zero attached hydrogens (tertiary/aromatic N) is 2. The van der Waals surface area contributed by atoms with Crippen molar-refractivity contribution in [1.29, 1.82) is 0 Å². The minimum Gasteiger partial charge on any atom is -0.485 e. The number of amides is 2. The highest BCUT2D eigenvalue weighted by Gasteiger charge is 2.38. The molecule has 0 fully saturated rings.